The molecule has 0 radical (unpaired) electrons. The second-order valence-corrected chi connectivity index (χ2v) is 6.65. The second kappa shape index (κ2) is 5.33. The zero-order chi connectivity index (χ0) is 15.0. The molecule has 2 aromatic rings. The van der Waals surface area contributed by atoms with Crippen molar-refractivity contribution in [3.63, 3.8) is 0 Å². The SMILES string of the molecule is Cc1cc(C(=O)N2CC(=O)Nc3ccccc3C2)c(C)s1. The summed E-state index contributed by atoms with van der Waals surface area (Å²) >= 11 is 1.61. The number of hydrogen-bond donors (Lipinski definition) is 1. The monoisotopic (exact) mass is 300 g/mol. The van der Waals surface area contributed by atoms with Crippen molar-refractivity contribution in [2.75, 3.05) is 11.9 Å². The van der Waals surface area contributed by atoms with Gasteiger partial charge in [0, 0.05) is 22.0 Å². The summed E-state index contributed by atoms with van der Waals surface area (Å²) in [5.74, 6) is -0.235. The topological polar surface area (TPSA) is 49.4 Å². The highest BCUT2D eigenvalue weighted by Gasteiger charge is 2.25. The Balaban J connectivity index is 1.94. The van der Waals surface area contributed by atoms with Crippen LogP contribution in [0.1, 0.15) is 25.7 Å². The van der Waals surface area contributed by atoms with Gasteiger partial charge in [0.25, 0.3) is 5.91 Å². The van der Waals surface area contributed by atoms with Gasteiger partial charge in [0.05, 0.1) is 5.56 Å². The largest absolute Gasteiger partial charge is 0.325 e. The molecule has 0 saturated heterocycles. The van der Waals surface area contributed by atoms with E-state index in [1.807, 2.05) is 44.2 Å². The highest BCUT2D eigenvalue weighted by Crippen LogP contribution is 2.25. The maximum absolute atomic E-state index is 12.7. The summed E-state index contributed by atoms with van der Waals surface area (Å²) in [6.45, 7) is 4.46. The van der Waals surface area contributed by atoms with Crippen LogP contribution in [0.3, 0.4) is 0 Å². The predicted molar refractivity (Wildman–Crippen MR) is 83.6 cm³/mol. The van der Waals surface area contributed by atoms with Crippen molar-refractivity contribution in [2.24, 2.45) is 0 Å². The van der Waals surface area contributed by atoms with Crippen LogP contribution in [-0.2, 0) is 11.3 Å². The fraction of sp³-hybridized carbons (Fsp3) is 0.250. The first kappa shape index (κ1) is 13.8. The number of nitrogens with zero attached hydrogens (tertiary/aromatic N) is 1. The van der Waals surface area contributed by atoms with E-state index < -0.39 is 0 Å². The van der Waals surface area contributed by atoms with Crippen LogP contribution < -0.4 is 5.32 Å². The molecule has 1 aromatic heterocycles. The molecule has 1 aliphatic rings. The van der Waals surface area contributed by atoms with Crippen molar-refractivity contribution in [2.45, 2.75) is 20.4 Å². The van der Waals surface area contributed by atoms with E-state index in [-0.39, 0.29) is 18.4 Å². The van der Waals surface area contributed by atoms with Crippen LogP contribution in [0.15, 0.2) is 30.3 Å². The van der Waals surface area contributed by atoms with Gasteiger partial charge in [0.2, 0.25) is 5.91 Å². The van der Waals surface area contributed by atoms with E-state index in [0.717, 1.165) is 21.0 Å². The van der Waals surface area contributed by atoms with E-state index in [2.05, 4.69) is 5.32 Å². The Kier molecular flexibility index (Phi) is 3.51. The number of aryl methyl sites for hydroxylation is 2. The molecule has 1 aliphatic heterocycles. The minimum absolute atomic E-state index is 0.0799. The number of benzene rings is 1. The van der Waals surface area contributed by atoms with Crippen LogP contribution in [0, 0.1) is 13.8 Å². The Bertz CT molecular complexity index is 721. The number of hydrogen-bond acceptors (Lipinski definition) is 3. The average molecular weight is 300 g/mol. The molecule has 108 valence electrons. The highest BCUT2D eigenvalue weighted by molar-refractivity contribution is 7.12. The first-order chi connectivity index (χ1) is 10.0. The van der Waals surface area contributed by atoms with Crippen LogP contribution in [0.5, 0.6) is 0 Å². The van der Waals surface area contributed by atoms with Crippen LogP contribution in [0.25, 0.3) is 0 Å². The molecule has 4 nitrogen and oxygen atoms in total. The first-order valence-corrected chi connectivity index (χ1v) is 7.60. The van der Waals surface area contributed by atoms with Gasteiger partial charge in [-0.15, -0.1) is 11.3 Å². The van der Waals surface area contributed by atoms with Crippen molar-refractivity contribution >= 4 is 28.8 Å². The number of thiophene rings is 1. The molecule has 0 spiro atoms. The lowest BCUT2D eigenvalue weighted by atomic mass is 10.1. The first-order valence-electron chi connectivity index (χ1n) is 6.78. The summed E-state index contributed by atoms with van der Waals surface area (Å²) in [5, 5.41) is 2.85. The van der Waals surface area contributed by atoms with E-state index in [4.69, 9.17) is 0 Å². The molecule has 1 aromatic carbocycles. The fourth-order valence-corrected chi connectivity index (χ4v) is 3.48. The maximum Gasteiger partial charge on any atom is 0.255 e. The van der Waals surface area contributed by atoms with Gasteiger partial charge >= 0.3 is 0 Å². The molecule has 0 bridgehead atoms. The number of fused-ring (bicyclic) bond motifs is 1. The van der Waals surface area contributed by atoms with Crippen molar-refractivity contribution in [3.05, 3.63) is 51.2 Å². The Morgan fingerprint density at radius 3 is 2.71 bits per heavy atom. The van der Waals surface area contributed by atoms with Crippen molar-refractivity contribution < 1.29 is 9.59 Å². The quantitative estimate of drug-likeness (QED) is 0.880. The molecule has 0 saturated carbocycles. The number of anilines is 1. The second-order valence-electron chi connectivity index (χ2n) is 5.19. The molecule has 2 amide bonds. The Labute approximate surface area is 127 Å². The summed E-state index contributed by atoms with van der Waals surface area (Å²) in [6.07, 6.45) is 0. The van der Waals surface area contributed by atoms with Crippen LogP contribution >= 0.6 is 11.3 Å². The molecule has 0 unspecified atom stereocenters. The highest BCUT2D eigenvalue weighted by atomic mass is 32.1. The zero-order valence-corrected chi connectivity index (χ0v) is 12.8. The standard InChI is InChI=1S/C16H16N2O2S/c1-10-7-13(11(2)21-10)16(20)18-8-12-5-3-4-6-14(12)17-15(19)9-18/h3-7H,8-9H2,1-2H3,(H,17,19). The minimum atomic E-state index is -0.155. The van der Waals surface area contributed by atoms with Crippen LogP contribution in [0.4, 0.5) is 5.69 Å². The summed E-state index contributed by atoms with van der Waals surface area (Å²) in [7, 11) is 0. The number of para-hydroxylation sites is 1. The summed E-state index contributed by atoms with van der Waals surface area (Å²) in [6, 6.07) is 9.49. The smallest absolute Gasteiger partial charge is 0.255 e. The lowest BCUT2D eigenvalue weighted by molar-refractivity contribution is -0.116. The van der Waals surface area contributed by atoms with Gasteiger partial charge < -0.3 is 10.2 Å². The summed E-state index contributed by atoms with van der Waals surface area (Å²) in [4.78, 5) is 28.4. The zero-order valence-electron chi connectivity index (χ0n) is 12.0. The lowest BCUT2D eigenvalue weighted by Crippen LogP contribution is -2.35. The number of nitrogens with one attached hydrogen (secondary N) is 1. The molecule has 1 N–H and O–H groups in total. The van der Waals surface area contributed by atoms with E-state index in [9.17, 15) is 9.59 Å². The average Bonchev–Trinajstić information content (AvgIpc) is 2.68. The van der Waals surface area contributed by atoms with Gasteiger partial charge in [-0.2, -0.15) is 0 Å². The lowest BCUT2D eigenvalue weighted by Gasteiger charge is -2.19. The molecule has 2 heterocycles. The third-order valence-electron chi connectivity index (χ3n) is 3.55. The van der Waals surface area contributed by atoms with Gasteiger partial charge in [-0.05, 0) is 31.5 Å². The predicted octanol–water partition coefficient (Wildman–Crippen LogP) is 2.96. The minimum Gasteiger partial charge on any atom is -0.325 e. The van der Waals surface area contributed by atoms with Gasteiger partial charge in [0.15, 0.2) is 0 Å². The summed E-state index contributed by atoms with van der Waals surface area (Å²) in [5.41, 5.74) is 2.45. The summed E-state index contributed by atoms with van der Waals surface area (Å²) < 4.78 is 0. The third kappa shape index (κ3) is 2.69. The van der Waals surface area contributed by atoms with Gasteiger partial charge in [-0.25, -0.2) is 0 Å². The van der Waals surface area contributed by atoms with E-state index in [1.165, 1.54) is 0 Å². The number of carbonyl (C=O) groups excluding carboxylic acids is 2. The van der Waals surface area contributed by atoms with E-state index >= 15 is 0 Å². The number of rotatable bonds is 1. The third-order valence-corrected chi connectivity index (χ3v) is 4.51. The van der Waals surface area contributed by atoms with Crippen molar-refractivity contribution in [1.82, 2.24) is 4.90 Å². The molecule has 3 rings (SSSR count). The molecule has 0 fully saturated rings. The Hall–Kier alpha value is -2.14. The van der Waals surface area contributed by atoms with Gasteiger partial charge in [-0.1, -0.05) is 18.2 Å². The van der Waals surface area contributed by atoms with Crippen LogP contribution in [-0.4, -0.2) is 23.3 Å². The molecule has 0 atom stereocenters. The van der Waals surface area contributed by atoms with Crippen LogP contribution in [0.2, 0.25) is 0 Å². The van der Waals surface area contributed by atoms with Crippen molar-refractivity contribution in [3.8, 4) is 0 Å². The number of amides is 2. The molecule has 5 heteroatoms. The fourth-order valence-electron chi connectivity index (χ4n) is 2.56. The number of carbonyl (C=O) groups is 2. The Morgan fingerprint density at radius 1 is 1.24 bits per heavy atom. The maximum atomic E-state index is 12.7. The molecule has 0 aliphatic carbocycles. The Morgan fingerprint density at radius 2 is 2.00 bits per heavy atom. The molecular formula is C16H16N2O2S. The normalized spacial score (nSPS) is 14.4. The van der Waals surface area contributed by atoms with E-state index in [1.54, 1.807) is 16.2 Å². The van der Waals surface area contributed by atoms with Gasteiger partial charge in [-0.3, -0.25) is 9.59 Å². The molecular weight excluding hydrogens is 284 g/mol. The van der Waals surface area contributed by atoms with Crippen molar-refractivity contribution in [1.29, 1.82) is 0 Å². The van der Waals surface area contributed by atoms with Gasteiger partial charge in [0.1, 0.15) is 6.54 Å². The van der Waals surface area contributed by atoms with E-state index in [0.29, 0.717) is 12.1 Å². The molecule has 21 heavy (non-hydrogen) atoms.